The van der Waals surface area contributed by atoms with Crippen LogP contribution in [0, 0.1) is 22.6 Å². The number of aliphatic hydroxyl groups excluding tert-OH is 1. The van der Waals surface area contributed by atoms with Crippen molar-refractivity contribution < 1.29 is 28.1 Å². The van der Waals surface area contributed by atoms with Crippen LogP contribution in [0.3, 0.4) is 0 Å². The highest BCUT2D eigenvalue weighted by molar-refractivity contribution is 8.03. The van der Waals surface area contributed by atoms with Crippen molar-refractivity contribution in [3.63, 3.8) is 0 Å². The number of methoxy groups -OCH3 is 1. The van der Waals surface area contributed by atoms with Crippen molar-refractivity contribution in [3.8, 4) is 12.1 Å². The molecule has 3 fully saturated rings. The fourth-order valence-corrected chi connectivity index (χ4v) is 10.2. The van der Waals surface area contributed by atoms with Gasteiger partial charge in [0, 0.05) is 79.4 Å². The summed E-state index contributed by atoms with van der Waals surface area (Å²) in [6, 6.07) is 2.78. The average Bonchev–Trinajstić information content (AvgIpc) is 3.67. The van der Waals surface area contributed by atoms with E-state index in [1.54, 1.807) is 14.0 Å². The molecule has 1 aromatic carbocycles. The Labute approximate surface area is 339 Å². The summed E-state index contributed by atoms with van der Waals surface area (Å²) in [7, 11) is 3.81. The predicted molar refractivity (Wildman–Crippen MR) is 221 cm³/mol. The van der Waals surface area contributed by atoms with Crippen LogP contribution in [0.25, 0.3) is 16.5 Å². The molecule has 0 radical (unpaired) electrons. The molecule has 2 saturated heterocycles. The van der Waals surface area contributed by atoms with E-state index in [2.05, 4.69) is 34.7 Å². The van der Waals surface area contributed by atoms with E-state index in [4.69, 9.17) is 29.9 Å². The maximum absolute atomic E-state index is 18.2. The summed E-state index contributed by atoms with van der Waals surface area (Å²) >= 11 is 1.21. The van der Waals surface area contributed by atoms with Gasteiger partial charge in [-0.25, -0.2) is 8.78 Å². The Morgan fingerprint density at radius 1 is 1.21 bits per heavy atom. The minimum absolute atomic E-state index is 0.0805. The largest absolute Gasteiger partial charge is 0.463 e. The molecule has 4 atom stereocenters. The summed E-state index contributed by atoms with van der Waals surface area (Å²) in [5.41, 5.74) is 10.2. The van der Waals surface area contributed by atoms with Crippen LogP contribution >= 0.6 is 11.8 Å². The fraction of sp³-hybridized carbons (Fsp3) is 0.605. The Kier molecular flexibility index (Phi) is 12.4. The van der Waals surface area contributed by atoms with Crippen LogP contribution in [0.2, 0.25) is 0 Å². The fourth-order valence-electron chi connectivity index (χ4n) is 9.14. The first-order chi connectivity index (χ1) is 27.3. The zero-order valence-corrected chi connectivity index (χ0v) is 35.2. The predicted octanol–water partition coefficient (Wildman–Crippen LogP) is 6.75. The number of nitrogens with zero attached hydrogens (tertiary/aromatic N) is 6. The number of hydrogen-bond donors (Lipinski definition) is 2. The molecule has 57 heavy (non-hydrogen) atoms. The molecular weight excluding hydrogens is 749 g/mol. The summed E-state index contributed by atoms with van der Waals surface area (Å²) in [6.45, 7) is 13.7. The van der Waals surface area contributed by atoms with Crippen LogP contribution in [0.1, 0.15) is 83.4 Å². The number of rotatable bonds is 15. The molecule has 14 heteroatoms. The molecule has 4 aliphatic heterocycles. The molecule has 3 N–H and O–H groups in total. The van der Waals surface area contributed by atoms with E-state index >= 15 is 8.78 Å². The zero-order chi connectivity index (χ0) is 40.8. The van der Waals surface area contributed by atoms with Crippen LogP contribution < -0.4 is 15.4 Å². The number of anilines is 1. The Morgan fingerprint density at radius 3 is 2.53 bits per heavy atom. The molecule has 0 amide bonds. The lowest BCUT2D eigenvalue weighted by molar-refractivity contribution is 0.0897. The quantitative estimate of drug-likeness (QED) is 0.197. The van der Waals surface area contributed by atoms with Gasteiger partial charge in [-0.1, -0.05) is 18.6 Å². The van der Waals surface area contributed by atoms with Crippen molar-refractivity contribution in [2.75, 3.05) is 64.2 Å². The van der Waals surface area contributed by atoms with Crippen molar-refractivity contribution >= 4 is 34.1 Å². The van der Waals surface area contributed by atoms with Gasteiger partial charge >= 0.3 is 6.01 Å². The standard InChI is InChI=1S/C43H57F2N7O4S/c1-8-24(3)34(36-29(14-46)33(47)21-57-40(36)32(44)9-2)35-30-19-55-20-31(30)37-39(38(35)45)48-42(56-23-43(12-13-43)22-50(6)25(4)18-54-7)49-41(37)52-27-10-11-28(52)17-51(16-27)15-26(5)53/h9,25-28,53H,8,10-13,15-23,47H2,1-7H3/b32-9+,34-24+. The topological polar surface area (TPSA) is 133 Å². The number of thioether (sulfide) groups is 1. The maximum Gasteiger partial charge on any atom is 0.319 e. The minimum atomic E-state index is -0.584. The molecule has 7 rings (SSSR count). The van der Waals surface area contributed by atoms with Crippen molar-refractivity contribution in [1.82, 2.24) is 19.8 Å². The number of likely N-dealkylation sites (tertiary alicyclic amines) is 1. The smallest absolute Gasteiger partial charge is 0.319 e. The summed E-state index contributed by atoms with van der Waals surface area (Å²) < 4.78 is 52.1. The van der Waals surface area contributed by atoms with Gasteiger partial charge in [-0.05, 0) is 83.5 Å². The average molecular weight is 806 g/mol. The molecule has 0 spiro atoms. The van der Waals surface area contributed by atoms with E-state index in [0.717, 1.165) is 56.5 Å². The number of aromatic nitrogens is 2. The number of benzene rings is 1. The second-order valence-corrected chi connectivity index (χ2v) is 17.7. The second-order valence-electron chi connectivity index (χ2n) is 16.7. The van der Waals surface area contributed by atoms with E-state index in [1.165, 1.54) is 17.8 Å². The van der Waals surface area contributed by atoms with Crippen LogP contribution in [-0.2, 0) is 22.7 Å². The van der Waals surface area contributed by atoms with E-state index in [0.29, 0.717) is 59.8 Å². The Hall–Kier alpha value is -3.58. The third-order valence-electron chi connectivity index (χ3n) is 12.5. The lowest BCUT2D eigenvalue weighted by Gasteiger charge is -2.42. The number of aliphatic hydroxyl groups is 1. The highest BCUT2D eigenvalue weighted by Gasteiger charge is 2.46. The molecular formula is C43H57F2N7O4S. The summed E-state index contributed by atoms with van der Waals surface area (Å²) in [5, 5.41) is 21.3. The molecule has 4 unspecified atom stereocenters. The zero-order valence-electron chi connectivity index (χ0n) is 34.4. The van der Waals surface area contributed by atoms with Gasteiger partial charge < -0.3 is 34.9 Å². The van der Waals surface area contributed by atoms with Gasteiger partial charge in [-0.3, -0.25) is 4.90 Å². The van der Waals surface area contributed by atoms with Crippen molar-refractivity contribution in [2.45, 2.75) is 104 Å². The van der Waals surface area contributed by atoms with E-state index < -0.39 is 17.7 Å². The molecule has 2 aromatic rings. The van der Waals surface area contributed by atoms with Gasteiger partial charge in [0.2, 0.25) is 0 Å². The molecule has 1 aromatic heterocycles. The maximum atomic E-state index is 18.2. The van der Waals surface area contributed by atoms with Crippen molar-refractivity contribution in [1.29, 1.82) is 5.26 Å². The number of ether oxygens (including phenoxy) is 3. The highest BCUT2D eigenvalue weighted by atomic mass is 32.2. The van der Waals surface area contributed by atoms with Gasteiger partial charge in [-0.15, -0.1) is 11.8 Å². The van der Waals surface area contributed by atoms with Gasteiger partial charge in [0.1, 0.15) is 23.2 Å². The highest BCUT2D eigenvalue weighted by Crippen LogP contribution is 2.51. The lowest BCUT2D eigenvalue weighted by atomic mass is 9.82. The summed E-state index contributed by atoms with van der Waals surface area (Å²) in [6.07, 6.45) is 5.31. The van der Waals surface area contributed by atoms with Crippen LogP contribution in [-0.4, -0.2) is 108 Å². The van der Waals surface area contributed by atoms with Gasteiger partial charge in [0.05, 0.1) is 48.4 Å². The second kappa shape index (κ2) is 17.0. The summed E-state index contributed by atoms with van der Waals surface area (Å²) in [4.78, 5) is 17.3. The van der Waals surface area contributed by atoms with Gasteiger partial charge in [-0.2, -0.15) is 15.2 Å². The molecule has 2 bridgehead atoms. The normalized spacial score (nSPS) is 23.6. The number of nitrogens with two attached hydrogens (primary N) is 1. The number of halogens is 2. The molecule has 308 valence electrons. The summed E-state index contributed by atoms with van der Waals surface area (Å²) in [5.74, 6) is -0.198. The first kappa shape index (κ1) is 41.6. The Bertz CT molecular complexity index is 2060. The molecule has 1 saturated carbocycles. The number of fused-ring (bicyclic) bond motifs is 5. The number of allylic oxidation sites excluding steroid dienone is 6. The van der Waals surface area contributed by atoms with Crippen LogP contribution in [0.15, 0.2) is 39.2 Å². The lowest BCUT2D eigenvalue weighted by Crippen LogP contribution is -2.55. The number of nitriles is 1. The third-order valence-corrected chi connectivity index (χ3v) is 13.6. The van der Waals surface area contributed by atoms with E-state index in [-0.39, 0.29) is 70.1 Å². The molecule has 5 heterocycles. The first-order valence-electron chi connectivity index (χ1n) is 20.3. The van der Waals surface area contributed by atoms with Gasteiger partial charge in [0.15, 0.2) is 5.82 Å². The van der Waals surface area contributed by atoms with Crippen molar-refractivity contribution in [2.24, 2.45) is 11.1 Å². The number of β-amino-alcohol motifs (C(OH)–C–C–N with tert-alkyl or cyclic N) is 1. The van der Waals surface area contributed by atoms with E-state index in [1.807, 2.05) is 20.8 Å². The van der Waals surface area contributed by atoms with Crippen molar-refractivity contribution in [3.05, 3.63) is 61.7 Å². The SMILES string of the molecule is C/C=C(/F)C1=C(/C(=C(\C)CC)c2c3c(c4c(N5C6CCC5CN(CC(C)O)C6)nc(OCC5(CN(C)C(C)COC)CC5)nc4c2F)COC3)C(C#N)=C(N)CS1. The first-order valence-corrected chi connectivity index (χ1v) is 21.3. The number of piperazine rings is 1. The van der Waals surface area contributed by atoms with E-state index in [9.17, 15) is 10.4 Å². The monoisotopic (exact) mass is 805 g/mol. The Morgan fingerprint density at radius 2 is 1.91 bits per heavy atom. The molecule has 11 nitrogen and oxygen atoms in total. The van der Waals surface area contributed by atoms with Crippen LogP contribution in [0.5, 0.6) is 6.01 Å². The van der Waals surface area contributed by atoms with Gasteiger partial charge in [0.25, 0.3) is 0 Å². The van der Waals surface area contributed by atoms with Crippen LogP contribution in [0.4, 0.5) is 14.6 Å². The number of hydrogen-bond acceptors (Lipinski definition) is 12. The third kappa shape index (κ3) is 7.96. The Balaban J connectivity index is 1.42. The molecule has 1 aliphatic carbocycles. The minimum Gasteiger partial charge on any atom is -0.463 e. The number of likely N-dealkylation sites (N-methyl/N-ethyl adjacent to an activating group) is 1. The molecule has 5 aliphatic rings.